The molecular weight excluding hydrogens is 262 g/mol. The summed E-state index contributed by atoms with van der Waals surface area (Å²) < 4.78 is 0. The summed E-state index contributed by atoms with van der Waals surface area (Å²) in [5, 5.41) is 4.04. The van der Waals surface area contributed by atoms with Crippen LogP contribution in [0.4, 0.5) is 5.69 Å². The summed E-state index contributed by atoms with van der Waals surface area (Å²) >= 11 is 0. The molecule has 0 saturated heterocycles. The van der Waals surface area contributed by atoms with E-state index in [0.717, 1.165) is 17.4 Å². The Balaban J connectivity index is 1.72. The highest BCUT2D eigenvalue weighted by molar-refractivity contribution is 6.07. The Morgan fingerprint density at radius 2 is 2.10 bits per heavy atom. The first-order valence-corrected chi connectivity index (χ1v) is 7.72. The Bertz CT molecular complexity index is 653. The summed E-state index contributed by atoms with van der Waals surface area (Å²) in [5.41, 5.74) is 8.32. The Hall–Kier alpha value is -1.97. The quantitative estimate of drug-likeness (QED) is 0.756. The molecule has 1 aromatic carbocycles. The molecule has 4 N–H and O–H groups in total. The van der Waals surface area contributed by atoms with Gasteiger partial charge in [-0.1, -0.05) is 26.2 Å². The van der Waals surface area contributed by atoms with Gasteiger partial charge in [-0.2, -0.15) is 0 Å². The van der Waals surface area contributed by atoms with E-state index in [9.17, 15) is 4.79 Å². The number of hydrogen-bond acceptors (Lipinski definition) is 2. The average Bonchev–Trinajstić information content (AvgIpc) is 2.88. The van der Waals surface area contributed by atoms with E-state index in [4.69, 9.17) is 5.73 Å². The Labute approximate surface area is 125 Å². The van der Waals surface area contributed by atoms with E-state index in [1.165, 1.54) is 32.1 Å². The molecule has 4 heteroatoms. The maximum Gasteiger partial charge on any atom is 0.253 e. The fraction of sp³-hybridized carbons (Fsp3) is 0.471. The second-order valence-corrected chi connectivity index (χ2v) is 6.56. The summed E-state index contributed by atoms with van der Waals surface area (Å²) in [6.07, 6.45) is 8.06. The van der Waals surface area contributed by atoms with Crippen LogP contribution in [0.1, 0.15) is 49.4 Å². The third-order valence-corrected chi connectivity index (χ3v) is 4.69. The largest absolute Gasteiger partial charge is 0.399 e. The summed E-state index contributed by atoms with van der Waals surface area (Å²) in [6, 6.07) is 5.59. The number of hydrogen-bond donors (Lipinski definition) is 3. The maximum absolute atomic E-state index is 12.4. The number of aromatic amines is 1. The number of nitrogen functional groups attached to an aromatic ring is 1. The number of fused-ring (bicyclic) bond motifs is 1. The van der Waals surface area contributed by atoms with Crippen LogP contribution in [0.15, 0.2) is 24.4 Å². The first-order valence-electron chi connectivity index (χ1n) is 7.72. The van der Waals surface area contributed by atoms with Crippen molar-refractivity contribution in [3.8, 4) is 0 Å². The number of anilines is 1. The van der Waals surface area contributed by atoms with Crippen molar-refractivity contribution < 1.29 is 4.79 Å². The summed E-state index contributed by atoms with van der Waals surface area (Å²) in [7, 11) is 0. The van der Waals surface area contributed by atoms with Crippen molar-refractivity contribution in [2.45, 2.75) is 39.0 Å². The second-order valence-electron chi connectivity index (χ2n) is 6.56. The molecule has 4 nitrogen and oxygen atoms in total. The molecule has 1 aliphatic carbocycles. The van der Waals surface area contributed by atoms with Crippen LogP contribution in [0, 0.1) is 5.41 Å². The van der Waals surface area contributed by atoms with Gasteiger partial charge in [-0.25, -0.2) is 0 Å². The number of nitrogens with two attached hydrogens (primary N) is 1. The Morgan fingerprint density at radius 1 is 1.33 bits per heavy atom. The molecule has 2 aromatic rings. The van der Waals surface area contributed by atoms with E-state index >= 15 is 0 Å². The van der Waals surface area contributed by atoms with Crippen molar-refractivity contribution in [2.75, 3.05) is 12.3 Å². The van der Waals surface area contributed by atoms with E-state index in [1.807, 2.05) is 18.2 Å². The van der Waals surface area contributed by atoms with Crippen LogP contribution in [0.5, 0.6) is 0 Å². The Morgan fingerprint density at radius 3 is 2.86 bits per heavy atom. The normalized spacial score (nSPS) is 17.8. The first-order chi connectivity index (χ1) is 10.1. The van der Waals surface area contributed by atoms with Crippen molar-refractivity contribution in [1.82, 2.24) is 10.3 Å². The minimum Gasteiger partial charge on any atom is -0.399 e. The zero-order valence-corrected chi connectivity index (χ0v) is 12.5. The van der Waals surface area contributed by atoms with Crippen molar-refractivity contribution in [3.63, 3.8) is 0 Å². The van der Waals surface area contributed by atoms with Crippen molar-refractivity contribution in [2.24, 2.45) is 5.41 Å². The van der Waals surface area contributed by atoms with Crippen molar-refractivity contribution in [3.05, 3.63) is 30.0 Å². The molecule has 112 valence electrons. The number of nitrogens with one attached hydrogen (secondary N) is 2. The SMILES string of the molecule is CC1(CNC(=O)c2c[nH]c3cc(N)ccc23)CCCCC1. The van der Waals surface area contributed by atoms with Gasteiger partial charge in [-0.3, -0.25) is 4.79 Å². The van der Waals surface area contributed by atoms with Gasteiger partial charge in [0.1, 0.15) is 0 Å². The van der Waals surface area contributed by atoms with Crippen LogP contribution >= 0.6 is 0 Å². The van der Waals surface area contributed by atoms with Crippen LogP contribution in [-0.2, 0) is 0 Å². The molecule has 0 aliphatic heterocycles. The summed E-state index contributed by atoms with van der Waals surface area (Å²) in [4.78, 5) is 15.5. The van der Waals surface area contributed by atoms with E-state index < -0.39 is 0 Å². The molecule has 0 spiro atoms. The van der Waals surface area contributed by atoms with Gasteiger partial charge in [-0.15, -0.1) is 0 Å². The van der Waals surface area contributed by atoms with E-state index in [2.05, 4.69) is 17.2 Å². The fourth-order valence-corrected chi connectivity index (χ4v) is 3.30. The topological polar surface area (TPSA) is 70.9 Å². The van der Waals surface area contributed by atoms with Gasteiger partial charge < -0.3 is 16.0 Å². The molecule has 1 aromatic heterocycles. The number of H-pyrrole nitrogens is 1. The van der Waals surface area contributed by atoms with Crippen molar-refractivity contribution >= 4 is 22.5 Å². The van der Waals surface area contributed by atoms with E-state index in [-0.39, 0.29) is 11.3 Å². The van der Waals surface area contributed by atoms with Crippen LogP contribution in [0.3, 0.4) is 0 Å². The lowest BCUT2D eigenvalue weighted by Gasteiger charge is -2.33. The monoisotopic (exact) mass is 285 g/mol. The molecule has 1 saturated carbocycles. The summed E-state index contributed by atoms with van der Waals surface area (Å²) in [6.45, 7) is 3.04. The molecule has 1 aliphatic rings. The predicted molar refractivity (Wildman–Crippen MR) is 86.2 cm³/mol. The molecule has 1 fully saturated rings. The van der Waals surface area contributed by atoms with Gasteiger partial charge in [0.15, 0.2) is 0 Å². The first kappa shape index (κ1) is 14.0. The number of carbonyl (C=O) groups is 1. The van der Waals surface area contributed by atoms with Gasteiger partial charge in [0, 0.05) is 29.3 Å². The van der Waals surface area contributed by atoms with Crippen LogP contribution in [0.2, 0.25) is 0 Å². The molecule has 0 bridgehead atoms. The van der Waals surface area contributed by atoms with Gasteiger partial charge in [0.05, 0.1) is 5.56 Å². The van der Waals surface area contributed by atoms with Gasteiger partial charge in [-0.05, 0) is 36.5 Å². The van der Waals surface area contributed by atoms with Crippen LogP contribution < -0.4 is 11.1 Å². The fourth-order valence-electron chi connectivity index (χ4n) is 3.30. The predicted octanol–water partition coefficient (Wildman–Crippen LogP) is 3.45. The lowest BCUT2D eigenvalue weighted by Crippen LogP contribution is -2.36. The zero-order chi connectivity index (χ0) is 14.9. The number of benzene rings is 1. The molecular formula is C17H23N3O. The molecule has 1 amide bonds. The Kier molecular flexibility index (Phi) is 3.62. The number of carbonyl (C=O) groups excluding carboxylic acids is 1. The van der Waals surface area contributed by atoms with E-state index in [0.29, 0.717) is 11.3 Å². The lowest BCUT2D eigenvalue weighted by atomic mass is 9.76. The maximum atomic E-state index is 12.4. The molecule has 0 unspecified atom stereocenters. The molecule has 0 radical (unpaired) electrons. The average molecular weight is 285 g/mol. The number of rotatable bonds is 3. The number of amides is 1. The lowest BCUT2D eigenvalue weighted by molar-refractivity contribution is 0.0921. The molecule has 1 heterocycles. The smallest absolute Gasteiger partial charge is 0.253 e. The molecule has 21 heavy (non-hydrogen) atoms. The highest BCUT2D eigenvalue weighted by atomic mass is 16.1. The molecule has 3 rings (SSSR count). The van der Waals surface area contributed by atoms with Gasteiger partial charge >= 0.3 is 0 Å². The van der Waals surface area contributed by atoms with Gasteiger partial charge in [0.2, 0.25) is 0 Å². The standard InChI is InChI=1S/C17H23N3O/c1-17(7-3-2-4-8-17)11-20-16(21)14-10-19-15-9-12(18)5-6-13(14)15/h5-6,9-10,19H,2-4,7-8,11,18H2,1H3,(H,20,21). The van der Waals surface area contributed by atoms with Crippen LogP contribution in [0.25, 0.3) is 10.9 Å². The minimum atomic E-state index is -0.00202. The number of aromatic nitrogens is 1. The highest BCUT2D eigenvalue weighted by Crippen LogP contribution is 2.35. The minimum absolute atomic E-state index is 0.00202. The van der Waals surface area contributed by atoms with Crippen molar-refractivity contribution in [1.29, 1.82) is 0 Å². The van der Waals surface area contributed by atoms with Gasteiger partial charge in [0.25, 0.3) is 5.91 Å². The highest BCUT2D eigenvalue weighted by Gasteiger charge is 2.27. The third-order valence-electron chi connectivity index (χ3n) is 4.69. The van der Waals surface area contributed by atoms with E-state index in [1.54, 1.807) is 6.20 Å². The zero-order valence-electron chi connectivity index (χ0n) is 12.5. The molecule has 0 atom stereocenters. The summed E-state index contributed by atoms with van der Waals surface area (Å²) in [5.74, 6) is -0.00202. The van der Waals surface area contributed by atoms with Crippen LogP contribution in [-0.4, -0.2) is 17.4 Å². The third kappa shape index (κ3) is 2.89. The second kappa shape index (κ2) is 5.43.